The Balaban J connectivity index is 1.32. The number of fused-ring (bicyclic) bond motifs is 5. The van der Waals surface area contributed by atoms with E-state index in [0.717, 1.165) is 33.1 Å². The number of benzene rings is 3. The first kappa shape index (κ1) is 59.8. The number of carbonyl (C=O) groups excluding carboxylic acids is 9. The Bertz CT molecular complexity index is 2740. The highest BCUT2D eigenvalue weighted by Crippen LogP contribution is 2.65. The molecule has 3 saturated carbocycles. The van der Waals surface area contributed by atoms with E-state index in [1.807, 2.05) is 6.92 Å². The van der Waals surface area contributed by atoms with Crippen molar-refractivity contribution in [1.82, 2.24) is 10.6 Å². The van der Waals surface area contributed by atoms with Gasteiger partial charge in [0.05, 0.1) is 35.6 Å². The summed E-state index contributed by atoms with van der Waals surface area (Å²) in [4.78, 5) is 126. The van der Waals surface area contributed by atoms with Crippen LogP contribution < -0.4 is 10.6 Å². The van der Waals surface area contributed by atoms with Crippen molar-refractivity contribution in [1.29, 1.82) is 0 Å². The average molecular weight is 1100 g/mol. The number of nitrogens with one attached hydrogen (secondary N) is 2. The number of rotatable bonds is 21. The van der Waals surface area contributed by atoms with E-state index in [1.165, 1.54) is 26.0 Å². The van der Waals surface area contributed by atoms with Crippen LogP contribution in [0, 0.1) is 28.6 Å². The fraction of sp³-hybridized carbons (Fsp3) is 0.550. The molecule has 19 nitrogen and oxygen atoms in total. The van der Waals surface area contributed by atoms with E-state index in [0.29, 0.717) is 12.0 Å². The molecule has 0 aromatic heterocycles. The van der Waals surface area contributed by atoms with Crippen LogP contribution in [0.3, 0.4) is 0 Å². The summed E-state index contributed by atoms with van der Waals surface area (Å²) < 4.78 is 37.1. The van der Waals surface area contributed by atoms with Crippen molar-refractivity contribution in [3.05, 3.63) is 108 Å². The summed E-state index contributed by atoms with van der Waals surface area (Å²) >= 11 is 0. The molecule has 2 bridgehead atoms. The third-order valence-electron chi connectivity index (χ3n) is 17.0. The maximum Gasteiger partial charge on any atom is 0.350 e. The number of amides is 2. The Labute approximate surface area is 460 Å². The zero-order valence-electron chi connectivity index (χ0n) is 46.1. The zero-order valence-corrected chi connectivity index (χ0v) is 46.1. The van der Waals surface area contributed by atoms with E-state index in [9.17, 15) is 43.8 Å². The zero-order chi connectivity index (χ0) is 57.6. The number of hydrogen-bond acceptors (Lipinski definition) is 17. The van der Waals surface area contributed by atoms with E-state index in [4.69, 9.17) is 28.4 Å². The number of Topliss-reactive ketones (excluding diaryl/α,β-unsaturated/α-hetero) is 2. The van der Waals surface area contributed by atoms with Crippen molar-refractivity contribution in [2.45, 2.75) is 173 Å². The molecule has 1 aliphatic heterocycles. The molecule has 2 amide bonds. The molecule has 1 saturated heterocycles. The van der Waals surface area contributed by atoms with Crippen molar-refractivity contribution in [3.63, 3.8) is 0 Å². The minimum absolute atomic E-state index is 0.0391. The minimum Gasteiger partial charge on any atom is -0.459 e. The summed E-state index contributed by atoms with van der Waals surface area (Å²) in [5.41, 5.74) is -7.47. The van der Waals surface area contributed by atoms with Crippen molar-refractivity contribution in [3.8, 4) is 0 Å². The predicted octanol–water partition coefficient (Wildman–Crippen LogP) is 6.05. The van der Waals surface area contributed by atoms with Crippen LogP contribution in [0.25, 0.3) is 0 Å². The normalized spacial score (nSPS) is 29.6. The Kier molecular flexibility index (Phi) is 18.7. The molecule has 3 aliphatic carbocycles. The van der Waals surface area contributed by atoms with Crippen LogP contribution in [-0.4, -0.2) is 124 Å². The second-order valence-corrected chi connectivity index (χ2v) is 22.4. The molecule has 4 fully saturated rings. The van der Waals surface area contributed by atoms with Crippen molar-refractivity contribution < 1.29 is 81.8 Å². The third-order valence-corrected chi connectivity index (χ3v) is 17.0. The van der Waals surface area contributed by atoms with Gasteiger partial charge in [0.2, 0.25) is 12.0 Å². The van der Waals surface area contributed by atoms with Crippen molar-refractivity contribution in [2.24, 2.45) is 28.6 Å². The van der Waals surface area contributed by atoms with Gasteiger partial charge in [-0.1, -0.05) is 114 Å². The van der Waals surface area contributed by atoms with Crippen molar-refractivity contribution >= 4 is 53.2 Å². The first-order valence-electron chi connectivity index (χ1n) is 27.2. The number of hydrogen-bond donors (Lipinski definition) is 4. The van der Waals surface area contributed by atoms with Crippen LogP contribution in [0.1, 0.15) is 145 Å². The molecule has 79 heavy (non-hydrogen) atoms. The van der Waals surface area contributed by atoms with Crippen molar-refractivity contribution in [2.75, 3.05) is 6.61 Å². The fourth-order valence-corrected chi connectivity index (χ4v) is 12.7. The molecule has 2 unspecified atom stereocenters. The monoisotopic (exact) mass is 1090 g/mol. The van der Waals surface area contributed by atoms with Gasteiger partial charge in [0.25, 0.3) is 5.91 Å². The SMILES string of the molecule is CCCCCC(NC(=O)CCCC(=O)O[C@H](C(=O)O[C@@H]1C[C@]2(O)[C@H](OC(=O)c3ccccc3)[C@H]3[C@@]4(OC(C)=O)CO[C@H]4C[C@@H](O)[C@]3(C)C(=O)[C@@H](OC(C)=O)[C@@H](C1C)C2(C)C)[C@H](NC(=O)c1ccccc1)c1ccccc1)C(C)=O. The quantitative estimate of drug-likeness (QED) is 0.0537. The Hall–Kier alpha value is -6.83. The van der Waals surface area contributed by atoms with E-state index in [1.54, 1.807) is 99.6 Å². The summed E-state index contributed by atoms with van der Waals surface area (Å²) in [7, 11) is 0. The molecular formula is C60H74N2O17. The highest BCUT2D eigenvalue weighted by atomic mass is 16.6. The number of carbonyl (C=O) groups is 9. The van der Waals surface area contributed by atoms with Crippen LogP contribution in [0.2, 0.25) is 0 Å². The molecule has 4 N–H and O–H groups in total. The maximum absolute atomic E-state index is 15.8. The molecule has 4 aliphatic rings. The van der Waals surface area contributed by atoms with E-state index in [-0.39, 0.29) is 42.8 Å². The topological polar surface area (TPSA) is 274 Å². The first-order chi connectivity index (χ1) is 37.4. The lowest BCUT2D eigenvalue weighted by atomic mass is 9.42. The number of unbranched alkanes of at least 4 members (excludes halogenated alkanes) is 2. The Morgan fingerprint density at radius 3 is 1.96 bits per heavy atom. The largest absolute Gasteiger partial charge is 0.459 e. The lowest BCUT2D eigenvalue weighted by molar-refractivity contribution is -0.355. The highest BCUT2D eigenvalue weighted by Gasteiger charge is 2.79. The minimum atomic E-state index is -2.45. The summed E-state index contributed by atoms with van der Waals surface area (Å²) in [5.74, 6) is -11.0. The third kappa shape index (κ3) is 12.2. The average Bonchev–Trinajstić information content (AvgIpc) is 3.41. The highest BCUT2D eigenvalue weighted by molar-refractivity contribution is 5.95. The van der Waals surface area contributed by atoms with E-state index < -0.39 is 149 Å². The lowest BCUT2D eigenvalue weighted by Crippen LogP contribution is -2.83. The molecule has 426 valence electrons. The Morgan fingerprint density at radius 2 is 1.39 bits per heavy atom. The van der Waals surface area contributed by atoms with Gasteiger partial charge >= 0.3 is 29.8 Å². The summed E-state index contributed by atoms with van der Waals surface area (Å²) in [6.45, 7) is 11.5. The van der Waals surface area contributed by atoms with Crippen LogP contribution in [0.15, 0.2) is 91.0 Å². The molecule has 0 spiro atoms. The molecule has 3 aromatic carbocycles. The van der Waals surface area contributed by atoms with Gasteiger partial charge in [-0.15, -0.1) is 0 Å². The first-order valence-corrected chi connectivity index (χ1v) is 27.2. The van der Waals surface area contributed by atoms with Crippen LogP contribution in [0.4, 0.5) is 0 Å². The molecule has 7 rings (SSSR count). The predicted molar refractivity (Wildman–Crippen MR) is 282 cm³/mol. The molecule has 19 heteroatoms. The van der Waals surface area contributed by atoms with E-state index in [2.05, 4.69) is 10.6 Å². The van der Waals surface area contributed by atoms with Crippen LogP contribution in [-0.2, 0) is 62.0 Å². The van der Waals surface area contributed by atoms with Gasteiger partial charge in [-0.3, -0.25) is 33.6 Å². The van der Waals surface area contributed by atoms with Gasteiger partial charge < -0.3 is 49.3 Å². The second-order valence-electron chi connectivity index (χ2n) is 22.4. The molecule has 0 radical (unpaired) electrons. The Morgan fingerprint density at radius 1 is 0.772 bits per heavy atom. The van der Waals surface area contributed by atoms with E-state index >= 15 is 9.59 Å². The second kappa shape index (κ2) is 24.7. The standard InChI is InChI=1S/C60H74N2O17/c1-9-10-14-28-41(35(3)63)61-45(67)29-21-30-46(68)77-50(48(38-22-15-11-16-23-38)62-54(70)39-24-17-12-18-25-39)56(72)76-42-32-60(73)53(78-55(71)40-26-19-13-20-27-40)51-58(8,43(66)31-44-59(51,33-74-44)79-37(5)65)52(69)49(75-36(4)64)47(34(42)2)57(60,6)7/h11-13,15-20,22-27,34,41-44,47-51,53,66,73H,9-10,14,21,28-33H2,1-8H3,(H,61,67)(H,62,70)/t34?,41?,42-,43-,44+,47-,48-,49+,50+,51-,53-,58+,59-,60+/m1/s1. The molecular weight excluding hydrogens is 1020 g/mol. The summed E-state index contributed by atoms with van der Waals surface area (Å²) in [6, 6.07) is 21.9. The van der Waals surface area contributed by atoms with Gasteiger partial charge in [0.15, 0.2) is 23.3 Å². The molecule has 14 atom stereocenters. The summed E-state index contributed by atoms with van der Waals surface area (Å²) in [5, 5.41) is 31.9. The van der Waals surface area contributed by atoms with Gasteiger partial charge in [-0.25, -0.2) is 9.59 Å². The summed E-state index contributed by atoms with van der Waals surface area (Å²) in [6.07, 6.45) is -8.30. The fourth-order valence-electron chi connectivity index (χ4n) is 12.7. The number of aliphatic hydroxyl groups is 2. The van der Waals surface area contributed by atoms with Gasteiger partial charge in [-0.2, -0.15) is 0 Å². The molecule has 3 aromatic rings. The van der Waals surface area contributed by atoms with Crippen LogP contribution >= 0.6 is 0 Å². The number of ether oxygens (including phenoxy) is 6. The van der Waals surface area contributed by atoms with Gasteiger partial charge in [0, 0.05) is 62.3 Å². The maximum atomic E-state index is 15.8. The van der Waals surface area contributed by atoms with Gasteiger partial charge in [0.1, 0.15) is 30.0 Å². The molecule has 1 heterocycles. The van der Waals surface area contributed by atoms with Gasteiger partial charge in [-0.05, 0) is 56.5 Å². The number of aliphatic hydroxyl groups excluding tert-OH is 1. The smallest absolute Gasteiger partial charge is 0.350 e. The lowest BCUT2D eigenvalue weighted by Gasteiger charge is -2.69. The number of esters is 5. The van der Waals surface area contributed by atoms with Crippen LogP contribution in [0.5, 0.6) is 0 Å². The number of ketones is 2.